The third-order valence-electron chi connectivity index (χ3n) is 4.44. The average Bonchev–Trinajstić information content (AvgIpc) is 2.95. The Bertz CT molecular complexity index is 868. The second kappa shape index (κ2) is 7.88. The lowest BCUT2D eigenvalue weighted by Gasteiger charge is -2.22. The van der Waals surface area contributed by atoms with Gasteiger partial charge in [-0.15, -0.1) is 0 Å². The van der Waals surface area contributed by atoms with Gasteiger partial charge in [0.15, 0.2) is 0 Å². The van der Waals surface area contributed by atoms with Gasteiger partial charge in [-0.3, -0.25) is 4.79 Å². The number of methoxy groups -OCH3 is 1. The zero-order valence-electron chi connectivity index (χ0n) is 14.7. The lowest BCUT2D eigenvalue weighted by molar-refractivity contribution is 0.0764. The normalized spacial score (nSPS) is 16.1. The van der Waals surface area contributed by atoms with Crippen LogP contribution in [0, 0.1) is 0 Å². The molecule has 6 nitrogen and oxygen atoms in total. The van der Waals surface area contributed by atoms with Gasteiger partial charge >= 0.3 is 0 Å². The molecule has 1 aliphatic heterocycles. The molecule has 1 aliphatic rings. The number of carbonyl (C=O) groups excluding carboxylic acids is 1. The molecule has 1 saturated heterocycles. The molecule has 0 bridgehead atoms. The maximum Gasteiger partial charge on any atom is 0.253 e. The van der Waals surface area contributed by atoms with Crippen LogP contribution in [0.4, 0.5) is 0 Å². The first kappa shape index (κ1) is 18.4. The highest BCUT2D eigenvalue weighted by atomic mass is 32.2. The number of rotatable bonds is 4. The highest BCUT2D eigenvalue weighted by molar-refractivity contribution is 7.89. The minimum absolute atomic E-state index is 0.0637. The number of sulfonamides is 1. The standard InChI is InChI=1S/C19H22N2O4S/c1-25-17-9-5-10-18(15-17)26(23,24)21-12-6-11-20(13-14-21)19(22)16-7-3-2-4-8-16/h2-5,7-10,15H,6,11-14H2,1H3. The van der Waals surface area contributed by atoms with E-state index in [1.165, 1.54) is 17.5 Å². The Kier molecular flexibility index (Phi) is 5.58. The van der Waals surface area contributed by atoms with Crippen LogP contribution in [0.15, 0.2) is 59.5 Å². The molecule has 0 aliphatic carbocycles. The fourth-order valence-electron chi connectivity index (χ4n) is 3.01. The van der Waals surface area contributed by atoms with Crippen LogP contribution in [0.1, 0.15) is 16.8 Å². The van der Waals surface area contributed by atoms with E-state index in [2.05, 4.69) is 0 Å². The van der Waals surface area contributed by atoms with Crippen LogP contribution in [0.5, 0.6) is 5.75 Å². The number of amides is 1. The van der Waals surface area contributed by atoms with Crippen molar-refractivity contribution >= 4 is 15.9 Å². The van der Waals surface area contributed by atoms with E-state index < -0.39 is 10.0 Å². The Labute approximate surface area is 154 Å². The van der Waals surface area contributed by atoms with E-state index in [-0.39, 0.29) is 17.3 Å². The van der Waals surface area contributed by atoms with E-state index in [1.807, 2.05) is 18.2 Å². The van der Waals surface area contributed by atoms with E-state index in [1.54, 1.807) is 35.2 Å². The molecule has 0 radical (unpaired) electrons. The van der Waals surface area contributed by atoms with Crippen LogP contribution >= 0.6 is 0 Å². The molecule has 0 atom stereocenters. The van der Waals surface area contributed by atoms with E-state index in [0.29, 0.717) is 37.4 Å². The molecule has 7 heteroatoms. The van der Waals surface area contributed by atoms with Crippen molar-refractivity contribution in [2.45, 2.75) is 11.3 Å². The van der Waals surface area contributed by atoms with E-state index >= 15 is 0 Å². The van der Waals surface area contributed by atoms with E-state index in [9.17, 15) is 13.2 Å². The van der Waals surface area contributed by atoms with Gasteiger partial charge in [0.2, 0.25) is 10.0 Å². The number of nitrogens with zero attached hydrogens (tertiary/aromatic N) is 2. The molecule has 0 spiro atoms. The fourth-order valence-corrected chi connectivity index (χ4v) is 4.52. The molecule has 3 rings (SSSR count). The summed E-state index contributed by atoms with van der Waals surface area (Å²) in [6.07, 6.45) is 0.599. The first-order valence-electron chi connectivity index (χ1n) is 8.51. The van der Waals surface area contributed by atoms with Crippen molar-refractivity contribution in [1.82, 2.24) is 9.21 Å². The summed E-state index contributed by atoms with van der Waals surface area (Å²) in [6, 6.07) is 15.5. The van der Waals surface area contributed by atoms with Crippen LogP contribution in [-0.4, -0.2) is 56.8 Å². The van der Waals surface area contributed by atoms with Crippen molar-refractivity contribution in [2.24, 2.45) is 0 Å². The zero-order chi connectivity index (χ0) is 18.6. The molecule has 1 amide bonds. The van der Waals surface area contributed by atoms with Gasteiger partial charge < -0.3 is 9.64 Å². The Morgan fingerprint density at radius 3 is 2.46 bits per heavy atom. The average molecular weight is 374 g/mol. The topological polar surface area (TPSA) is 66.9 Å². The Hall–Kier alpha value is -2.38. The predicted molar refractivity (Wildman–Crippen MR) is 98.7 cm³/mol. The van der Waals surface area contributed by atoms with Crippen molar-refractivity contribution in [3.05, 3.63) is 60.2 Å². The maximum atomic E-state index is 12.9. The number of hydrogen-bond acceptors (Lipinski definition) is 4. The summed E-state index contributed by atoms with van der Waals surface area (Å²) in [5, 5.41) is 0. The quantitative estimate of drug-likeness (QED) is 0.823. The minimum Gasteiger partial charge on any atom is -0.497 e. The molecule has 1 heterocycles. The third kappa shape index (κ3) is 3.89. The zero-order valence-corrected chi connectivity index (χ0v) is 15.5. The summed E-state index contributed by atoms with van der Waals surface area (Å²) in [6.45, 7) is 1.57. The van der Waals surface area contributed by atoms with Gasteiger partial charge in [0.1, 0.15) is 5.75 Å². The summed E-state index contributed by atoms with van der Waals surface area (Å²) >= 11 is 0. The Balaban J connectivity index is 1.74. The fraction of sp³-hybridized carbons (Fsp3) is 0.316. The minimum atomic E-state index is -3.62. The number of benzene rings is 2. The molecule has 0 N–H and O–H groups in total. The highest BCUT2D eigenvalue weighted by Crippen LogP contribution is 2.22. The molecule has 2 aromatic rings. The third-order valence-corrected chi connectivity index (χ3v) is 6.34. The smallest absolute Gasteiger partial charge is 0.253 e. The van der Waals surface area contributed by atoms with Crippen molar-refractivity contribution in [3.63, 3.8) is 0 Å². The van der Waals surface area contributed by atoms with Gasteiger partial charge in [0, 0.05) is 37.8 Å². The van der Waals surface area contributed by atoms with Crippen LogP contribution in [0.3, 0.4) is 0 Å². The van der Waals surface area contributed by atoms with Gasteiger partial charge in [0.25, 0.3) is 5.91 Å². The summed E-state index contributed by atoms with van der Waals surface area (Å²) in [5.74, 6) is 0.438. The molecule has 0 unspecified atom stereocenters. The summed E-state index contributed by atoms with van der Waals surface area (Å²) < 4.78 is 32.4. The molecular formula is C19H22N2O4S. The molecule has 138 valence electrons. The summed E-state index contributed by atoms with van der Waals surface area (Å²) in [7, 11) is -2.11. The molecule has 1 fully saturated rings. The van der Waals surface area contributed by atoms with E-state index in [0.717, 1.165) is 0 Å². The molecule has 2 aromatic carbocycles. The molecule has 0 saturated carbocycles. The monoisotopic (exact) mass is 374 g/mol. The predicted octanol–water partition coefficient (Wildman–Crippen LogP) is 2.23. The lowest BCUT2D eigenvalue weighted by atomic mass is 10.2. The van der Waals surface area contributed by atoms with Crippen molar-refractivity contribution in [2.75, 3.05) is 33.3 Å². The van der Waals surface area contributed by atoms with Crippen LogP contribution < -0.4 is 4.74 Å². The van der Waals surface area contributed by atoms with Gasteiger partial charge in [-0.05, 0) is 30.7 Å². The number of carbonyl (C=O) groups is 1. The molecular weight excluding hydrogens is 352 g/mol. The van der Waals surface area contributed by atoms with Gasteiger partial charge in [-0.25, -0.2) is 8.42 Å². The summed E-state index contributed by atoms with van der Waals surface area (Å²) in [4.78, 5) is 14.5. The largest absolute Gasteiger partial charge is 0.497 e. The second-order valence-electron chi connectivity index (χ2n) is 6.09. The summed E-state index contributed by atoms with van der Waals surface area (Å²) in [5.41, 5.74) is 0.622. The van der Waals surface area contributed by atoms with E-state index in [4.69, 9.17) is 4.74 Å². The van der Waals surface area contributed by atoms with Crippen molar-refractivity contribution in [1.29, 1.82) is 0 Å². The maximum absolute atomic E-state index is 12.9. The van der Waals surface area contributed by atoms with Gasteiger partial charge in [0.05, 0.1) is 12.0 Å². The van der Waals surface area contributed by atoms with Crippen molar-refractivity contribution < 1.29 is 17.9 Å². The Morgan fingerprint density at radius 2 is 1.73 bits per heavy atom. The van der Waals surface area contributed by atoms with Crippen LogP contribution in [0.2, 0.25) is 0 Å². The Morgan fingerprint density at radius 1 is 0.962 bits per heavy atom. The van der Waals surface area contributed by atoms with Crippen LogP contribution in [-0.2, 0) is 10.0 Å². The van der Waals surface area contributed by atoms with Gasteiger partial charge in [-0.2, -0.15) is 4.31 Å². The SMILES string of the molecule is COc1cccc(S(=O)(=O)N2CCCN(C(=O)c3ccccc3)CC2)c1. The number of hydrogen-bond donors (Lipinski definition) is 0. The molecule has 0 aromatic heterocycles. The van der Waals surface area contributed by atoms with Gasteiger partial charge in [-0.1, -0.05) is 24.3 Å². The first-order chi connectivity index (χ1) is 12.5. The highest BCUT2D eigenvalue weighted by Gasteiger charge is 2.28. The lowest BCUT2D eigenvalue weighted by Crippen LogP contribution is -2.37. The number of ether oxygens (including phenoxy) is 1. The van der Waals surface area contributed by atoms with Crippen molar-refractivity contribution in [3.8, 4) is 5.75 Å². The van der Waals surface area contributed by atoms with Crippen LogP contribution in [0.25, 0.3) is 0 Å². The second-order valence-corrected chi connectivity index (χ2v) is 8.03. The first-order valence-corrected chi connectivity index (χ1v) is 9.95. The molecule has 26 heavy (non-hydrogen) atoms.